The molecule has 1 N–H and O–H groups in total. The quantitative estimate of drug-likeness (QED) is 0.474. The molecule has 0 saturated carbocycles. The van der Waals surface area contributed by atoms with E-state index >= 15 is 0 Å². The first-order valence-corrected chi connectivity index (χ1v) is 10.2. The minimum atomic E-state index is -1.37. The summed E-state index contributed by atoms with van der Waals surface area (Å²) in [7, 11) is 1.61. The fraction of sp³-hybridized carbons (Fsp3) is 0.0909. The normalized spacial score (nSPS) is 12.0. The maximum absolute atomic E-state index is 13.4. The van der Waals surface area contributed by atoms with E-state index in [9.17, 15) is 8.94 Å². The Morgan fingerprint density at radius 3 is 2.31 bits per heavy atom. The minimum absolute atomic E-state index is 0.321. The molecule has 1 atom stereocenters. The summed E-state index contributed by atoms with van der Waals surface area (Å²) in [5, 5.41) is 7.86. The maximum Gasteiger partial charge on any atom is 0.249 e. The van der Waals surface area contributed by atoms with Crippen LogP contribution in [-0.4, -0.2) is 26.8 Å². The average Bonchev–Trinajstić information content (AvgIpc) is 3.21. The predicted molar refractivity (Wildman–Crippen MR) is 110 cm³/mol. The SMILES string of the molecule is COc1ccc(C[S+]([O-])c2[nH]nc(-c3ccc(F)cc3)c2-c2ccncc2)cc1. The predicted octanol–water partition coefficient (Wildman–Crippen LogP) is 4.59. The van der Waals surface area contributed by atoms with Crippen molar-refractivity contribution in [2.45, 2.75) is 10.8 Å². The highest BCUT2D eigenvalue weighted by Gasteiger charge is 2.26. The number of pyridine rings is 1. The molecule has 2 aromatic heterocycles. The summed E-state index contributed by atoms with van der Waals surface area (Å²) >= 11 is -1.37. The van der Waals surface area contributed by atoms with Crippen LogP contribution in [0.5, 0.6) is 5.75 Å². The van der Waals surface area contributed by atoms with Crippen LogP contribution in [0.2, 0.25) is 0 Å². The molecule has 0 spiro atoms. The van der Waals surface area contributed by atoms with E-state index in [0.29, 0.717) is 16.5 Å². The van der Waals surface area contributed by atoms with Crippen LogP contribution in [0.3, 0.4) is 0 Å². The fourth-order valence-corrected chi connectivity index (χ4v) is 4.27. The van der Waals surface area contributed by atoms with Gasteiger partial charge in [-0.2, -0.15) is 5.10 Å². The van der Waals surface area contributed by atoms with E-state index in [4.69, 9.17) is 4.74 Å². The van der Waals surface area contributed by atoms with Crippen molar-refractivity contribution in [3.63, 3.8) is 0 Å². The minimum Gasteiger partial charge on any atom is -0.610 e. The molecule has 0 fully saturated rings. The van der Waals surface area contributed by atoms with Gasteiger partial charge in [-0.15, -0.1) is 0 Å². The monoisotopic (exact) mass is 407 g/mol. The molecule has 4 rings (SSSR count). The third-order valence-corrected chi connectivity index (χ3v) is 5.85. The summed E-state index contributed by atoms with van der Waals surface area (Å²) in [5.41, 5.74) is 3.84. The number of aromatic amines is 1. The molecule has 146 valence electrons. The highest BCUT2D eigenvalue weighted by atomic mass is 32.2. The molecule has 0 aliphatic rings. The summed E-state index contributed by atoms with van der Waals surface area (Å²) in [5.74, 6) is 0.753. The van der Waals surface area contributed by atoms with Crippen molar-refractivity contribution >= 4 is 11.2 Å². The molecule has 0 amide bonds. The number of ether oxygens (including phenoxy) is 1. The fourth-order valence-electron chi connectivity index (χ4n) is 3.04. The lowest BCUT2D eigenvalue weighted by Crippen LogP contribution is -2.07. The Kier molecular flexibility index (Phi) is 5.59. The molecule has 0 bridgehead atoms. The number of nitrogens with one attached hydrogen (secondary N) is 1. The zero-order chi connectivity index (χ0) is 20.2. The van der Waals surface area contributed by atoms with Gasteiger partial charge in [0.25, 0.3) is 0 Å². The largest absolute Gasteiger partial charge is 0.610 e. The Morgan fingerprint density at radius 2 is 1.66 bits per heavy atom. The Bertz CT molecular complexity index is 1080. The van der Waals surface area contributed by atoms with Crippen molar-refractivity contribution < 1.29 is 13.7 Å². The second-order valence-electron chi connectivity index (χ2n) is 6.36. The number of halogens is 1. The Balaban J connectivity index is 1.73. The molecule has 0 radical (unpaired) electrons. The van der Waals surface area contributed by atoms with Gasteiger partial charge < -0.3 is 9.29 Å². The van der Waals surface area contributed by atoms with Crippen LogP contribution in [0.4, 0.5) is 4.39 Å². The van der Waals surface area contributed by atoms with Crippen molar-refractivity contribution in [1.82, 2.24) is 15.2 Å². The van der Waals surface area contributed by atoms with Crippen molar-refractivity contribution in [2.24, 2.45) is 0 Å². The number of aromatic nitrogens is 3. The highest BCUT2D eigenvalue weighted by molar-refractivity contribution is 7.90. The van der Waals surface area contributed by atoms with Crippen LogP contribution < -0.4 is 4.74 Å². The van der Waals surface area contributed by atoms with Gasteiger partial charge in [0, 0.05) is 34.7 Å². The zero-order valence-corrected chi connectivity index (χ0v) is 16.4. The van der Waals surface area contributed by atoms with E-state index < -0.39 is 11.2 Å². The number of hydrogen-bond donors (Lipinski definition) is 1. The van der Waals surface area contributed by atoms with Gasteiger partial charge in [-0.1, -0.05) is 12.1 Å². The average molecular weight is 407 g/mol. The Morgan fingerprint density at radius 1 is 0.966 bits per heavy atom. The number of nitrogens with zero attached hydrogens (tertiary/aromatic N) is 2. The van der Waals surface area contributed by atoms with Crippen molar-refractivity contribution in [2.75, 3.05) is 7.11 Å². The van der Waals surface area contributed by atoms with Gasteiger partial charge in [0.2, 0.25) is 5.03 Å². The van der Waals surface area contributed by atoms with E-state index in [1.54, 1.807) is 31.6 Å². The molecule has 4 aromatic rings. The van der Waals surface area contributed by atoms with Crippen LogP contribution >= 0.6 is 0 Å². The van der Waals surface area contributed by atoms with E-state index in [2.05, 4.69) is 15.2 Å². The maximum atomic E-state index is 13.4. The molecular formula is C22H18FN3O2S. The van der Waals surface area contributed by atoms with Crippen molar-refractivity contribution in [3.05, 3.63) is 84.4 Å². The number of benzene rings is 2. The second kappa shape index (κ2) is 8.46. The molecule has 29 heavy (non-hydrogen) atoms. The summed E-state index contributed by atoms with van der Waals surface area (Å²) in [4.78, 5) is 4.06. The van der Waals surface area contributed by atoms with Crippen LogP contribution in [0.15, 0.2) is 78.1 Å². The summed E-state index contributed by atoms with van der Waals surface area (Å²) in [6.07, 6.45) is 3.35. The van der Waals surface area contributed by atoms with Crippen molar-refractivity contribution in [1.29, 1.82) is 0 Å². The third kappa shape index (κ3) is 4.16. The van der Waals surface area contributed by atoms with Gasteiger partial charge in [0.1, 0.15) is 23.0 Å². The molecule has 1 unspecified atom stereocenters. The van der Waals surface area contributed by atoms with Gasteiger partial charge in [-0.25, -0.2) is 9.49 Å². The first-order valence-electron chi connectivity index (χ1n) is 8.91. The van der Waals surface area contributed by atoms with Crippen LogP contribution in [0.25, 0.3) is 22.4 Å². The van der Waals surface area contributed by atoms with Gasteiger partial charge in [0.15, 0.2) is 0 Å². The standard InChI is InChI=1S/C22H18FN3O2S/c1-28-19-8-2-15(3-9-19)14-29(27)22-20(16-10-12-24-13-11-16)21(25-26-22)17-4-6-18(23)7-5-17/h2-13H,14H2,1H3,(H,25,26). The molecular weight excluding hydrogens is 389 g/mol. The van der Waals surface area contributed by atoms with E-state index in [-0.39, 0.29) is 5.82 Å². The Labute approximate surface area is 170 Å². The zero-order valence-electron chi connectivity index (χ0n) is 15.6. The summed E-state index contributed by atoms with van der Waals surface area (Å²) < 4.78 is 31.7. The number of H-pyrrole nitrogens is 1. The van der Waals surface area contributed by atoms with Gasteiger partial charge in [-0.05, 0) is 54.1 Å². The Hall–Kier alpha value is -3.16. The smallest absolute Gasteiger partial charge is 0.249 e. The van der Waals surface area contributed by atoms with E-state index in [0.717, 1.165) is 28.0 Å². The molecule has 2 heterocycles. The lowest BCUT2D eigenvalue weighted by molar-refractivity contribution is 0.414. The molecule has 0 aliphatic carbocycles. The number of hydrogen-bond acceptors (Lipinski definition) is 4. The van der Waals surface area contributed by atoms with Gasteiger partial charge in [-0.3, -0.25) is 4.98 Å². The van der Waals surface area contributed by atoms with E-state index in [1.807, 2.05) is 36.4 Å². The highest BCUT2D eigenvalue weighted by Crippen LogP contribution is 2.36. The molecule has 2 aromatic carbocycles. The first-order chi connectivity index (χ1) is 14.2. The lowest BCUT2D eigenvalue weighted by Gasteiger charge is -2.12. The van der Waals surface area contributed by atoms with Gasteiger partial charge in [0.05, 0.1) is 12.7 Å². The van der Waals surface area contributed by atoms with E-state index in [1.165, 1.54) is 12.1 Å². The lowest BCUT2D eigenvalue weighted by atomic mass is 10.0. The topological polar surface area (TPSA) is 73.9 Å². The molecule has 5 nitrogen and oxygen atoms in total. The number of rotatable bonds is 6. The second-order valence-corrected chi connectivity index (χ2v) is 7.75. The third-order valence-electron chi connectivity index (χ3n) is 4.50. The van der Waals surface area contributed by atoms with Crippen LogP contribution in [0, 0.1) is 5.82 Å². The van der Waals surface area contributed by atoms with Gasteiger partial charge >= 0.3 is 0 Å². The molecule has 7 heteroatoms. The molecule has 0 aliphatic heterocycles. The summed E-state index contributed by atoms with van der Waals surface area (Å²) in [6.45, 7) is 0. The number of methoxy groups -OCH3 is 1. The van der Waals surface area contributed by atoms with Crippen molar-refractivity contribution in [3.8, 4) is 28.1 Å². The first kappa shape index (κ1) is 19.2. The molecule has 0 saturated heterocycles. The van der Waals surface area contributed by atoms with Crippen LogP contribution in [-0.2, 0) is 16.9 Å². The van der Waals surface area contributed by atoms with Crippen LogP contribution in [0.1, 0.15) is 5.56 Å². The summed E-state index contributed by atoms with van der Waals surface area (Å²) in [6, 6.07) is 17.2.